The number of carbonyl (C=O) groups excluding carboxylic acids is 1. The number of aryl methyl sites for hydroxylation is 2. The molecule has 0 amide bonds. The minimum absolute atomic E-state index is 0.0841. The molecule has 0 bridgehead atoms. The largest absolute Gasteiger partial charge is 0.289 e. The Labute approximate surface area is 136 Å². The molecule has 0 N–H and O–H groups in total. The van der Waals surface area contributed by atoms with E-state index in [0.29, 0.717) is 0 Å². The molecule has 3 heteroatoms. The third kappa shape index (κ3) is 4.03. The normalized spacial score (nSPS) is 10.5. The van der Waals surface area contributed by atoms with Gasteiger partial charge in [0.25, 0.3) is 0 Å². The number of alkyl halides is 2. The predicted molar refractivity (Wildman–Crippen MR) is 91.3 cm³/mol. The minimum Gasteiger partial charge on any atom is -0.289 e. The molecule has 0 saturated heterocycles. The summed E-state index contributed by atoms with van der Waals surface area (Å²) in [5, 5.41) is 1.88. The first-order valence-corrected chi connectivity index (χ1v) is 8.83. The highest BCUT2D eigenvalue weighted by atomic mass is 79.9. The van der Waals surface area contributed by atoms with Gasteiger partial charge in [0.1, 0.15) is 0 Å². The minimum atomic E-state index is 0.0841. The summed E-state index contributed by atoms with van der Waals surface area (Å²) in [6.07, 6.45) is 1.96. The van der Waals surface area contributed by atoms with Crippen LogP contribution in [0.1, 0.15) is 27.0 Å². The van der Waals surface area contributed by atoms with Crippen molar-refractivity contribution >= 4 is 37.6 Å². The molecule has 104 valence electrons. The number of benzene rings is 2. The van der Waals surface area contributed by atoms with Gasteiger partial charge in [-0.3, -0.25) is 4.79 Å². The maximum Gasteiger partial charge on any atom is 0.193 e. The Bertz CT molecular complexity index is 507. The molecule has 0 saturated carbocycles. The summed E-state index contributed by atoms with van der Waals surface area (Å²) >= 11 is 6.84. The molecule has 0 heterocycles. The molecule has 0 aliphatic heterocycles. The highest BCUT2D eigenvalue weighted by Gasteiger charge is 2.08. The first kappa shape index (κ1) is 15.5. The van der Waals surface area contributed by atoms with Crippen molar-refractivity contribution in [2.75, 3.05) is 10.7 Å². The second-order valence-corrected chi connectivity index (χ2v) is 6.19. The van der Waals surface area contributed by atoms with Crippen molar-refractivity contribution < 1.29 is 4.79 Å². The van der Waals surface area contributed by atoms with Crippen LogP contribution in [0.5, 0.6) is 0 Å². The van der Waals surface area contributed by atoms with E-state index in [2.05, 4.69) is 31.9 Å². The molecule has 0 atom stereocenters. The number of hydrogen-bond donors (Lipinski definition) is 0. The topological polar surface area (TPSA) is 17.1 Å². The molecule has 0 aliphatic carbocycles. The predicted octanol–water partition coefficient (Wildman–Crippen LogP) is 4.79. The van der Waals surface area contributed by atoms with Gasteiger partial charge in [-0.25, -0.2) is 0 Å². The highest BCUT2D eigenvalue weighted by Crippen LogP contribution is 2.13. The van der Waals surface area contributed by atoms with Gasteiger partial charge in [-0.15, -0.1) is 0 Å². The summed E-state index contributed by atoms with van der Waals surface area (Å²) in [6.45, 7) is 0. The summed E-state index contributed by atoms with van der Waals surface area (Å²) in [6, 6.07) is 15.7. The lowest BCUT2D eigenvalue weighted by molar-refractivity contribution is 0.103. The van der Waals surface area contributed by atoms with Gasteiger partial charge in [-0.1, -0.05) is 80.4 Å². The van der Waals surface area contributed by atoms with Crippen molar-refractivity contribution in [2.45, 2.75) is 12.8 Å². The first-order valence-electron chi connectivity index (χ1n) is 6.59. The fourth-order valence-electron chi connectivity index (χ4n) is 2.03. The Morgan fingerprint density at radius 1 is 0.700 bits per heavy atom. The molecule has 0 radical (unpaired) electrons. The maximum atomic E-state index is 12.4. The van der Waals surface area contributed by atoms with Crippen LogP contribution in [-0.4, -0.2) is 16.4 Å². The number of hydrogen-bond acceptors (Lipinski definition) is 1. The Morgan fingerprint density at radius 3 is 1.35 bits per heavy atom. The van der Waals surface area contributed by atoms with E-state index in [9.17, 15) is 4.79 Å². The van der Waals surface area contributed by atoms with Gasteiger partial charge >= 0.3 is 0 Å². The van der Waals surface area contributed by atoms with Crippen LogP contribution in [0.25, 0.3) is 0 Å². The number of carbonyl (C=O) groups is 1. The van der Waals surface area contributed by atoms with Gasteiger partial charge in [0.15, 0.2) is 5.78 Å². The number of rotatable bonds is 6. The lowest BCUT2D eigenvalue weighted by Crippen LogP contribution is -2.02. The third-order valence-corrected chi connectivity index (χ3v) is 3.99. The lowest BCUT2D eigenvalue weighted by Gasteiger charge is -2.04. The smallest absolute Gasteiger partial charge is 0.193 e. The zero-order valence-electron chi connectivity index (χ0n) is 11.1. The molecule has 1 nitrogen and oxygen atoms in total. The van der Waals surface area contributed by atoms with E-state index in [1.165, 1.54) is 11.1 Å². The van der Waals surface area contributed by atoms with Crippen LogP contribution >= 0.6 is 31.9 Å². The van der Waals surface area contributed by atoms with Crippen molar-refractivity contribution in [3.8, 4) is 0 Å². The van der Waals surface area contributed by atoms with E-state index in [1.807, 2.05) is 48.5 Å². The average Bonchev–Trinajstić information content (AvgIpc) is 2.49. The third-order valence-electron chi connectivity index (χ3n) is 3.20. The molecule has 0 aromatic heterocycles. The Balaban J connectivity index is 2.13. The van der Waals surface area contributed by atoms with Gasteiger partial charge in [0.2, 0.25) is 0 Å². The molecule has 0 unspecified atom stereocenters. The van der Waals surface area contributed by atoms with E-state index < -0.39 is 0 Å². The zero-order chi connectivity index (χ0) is 14.4. The first-order chi connectivity index (χ1) is 9.74. The monoisotopic (exact) mass is 394 g/mol. The number of halogens is 2. The van der Waals surface area contributed by atoms with Crippen LogP contribution in [0.4, 0.5) is 0 Å². The molecular formula is C17H16Br2O. The maximum absolute atomic E-state index is 12.4. The second-order valence-electron chi connectivity index (χ2n) is 4.60. The van der Waals surface area contributed by atoms with Gasteiger partial charge in [0, 0.05) is 21.8 Å². The van der Waals surface area contributed by atoms with Crippen LogP contribution in [-0.2, 0) is 12.8 Å². The van der Waals surface area contributed by atoms with Gasteiger partial charge in [-0.2, -0.15) is 0 Å². The van der Waals surface area contributed by atoms with E-state index in [-0.39, 0.29) is 5.78 Å². The summed E-state index contributed by atoms with van der Waals surface area (Å²) in [5.74, 6) is 0.0841. The van der Waals surface area contributed by atoms with Crippen LogP contribution in [0.3, 0.4) is 0 Å². The summed E-state index contributed by atoms with van der Waals surface area (Å²) in [5.41, 5.74) is 3.98. The van der Waals surface area contributed by atoms with Crippen molar-refractivity contribution in [3.05, 3.63) is 70.8 Å². The van der Waals surface area contributed by atoms with Crippen molar-refractivity contribution in [1.82, 2.24) is 0 Å². The second kappa shape index (κ2) is 7.75. The molecule has 0 aliphatic rings. The van der Waals surface area contributed by atoms with Gasteiger partial charge < -0.3 is 0 Å². The summed E-state index contributed by atoms with van der Waals surface area (Å²) in [7, 11) is 0. The molecule has 2 rings (SSSR count). The molecule has 2 aromatic rings. The molecule has 2 aromatic carbocycles. The summed E-state index contributed by atoms with van der Waals surface area (Å²) in [4.78, 5) is 12.4. The van der Waals surface area contributed by atoms with Crippen molar-refractivity contribution in [3.63, 3.8) is 0 Å². The Morgan fingerprint density at radius 2 is 1.05 bits per heavy atom. The zero-order valence-corrected chi connectivity index (χ0v) is 14.3. The standard InChI is InChI=1S/C17H16Br2O/c18-11-9-13-1-5-15(6-2-13)17(20)16-7-3-14(4-8-16)10-12-19/h1-8H,9-12H2. The van der Waals surface area contributed by atoms with Crippen LogP contribution in [0.2, 0.25) is 0 Å². The van der Waals surface area contributed by atoms with E-state index in [1.54, 1.807) is 0 Å². The van der Waals surface area contributed by atoms with Crippen LogP contribution in [0.15, 0.2) is 48.5 Å². The quantitative estimate of drug-likeness (QED) is 0.507. The SMILES string of the molecule is O=C(c1ccc(CCBr)cc1)c1ccc(CCBr)cc1. The van der Waals surface area contributed by atoms with E-state index in [0.717, 1.165) is 34.6 Å². The van der Waals surface area contributed by atoms with E-state index in [4.69, 9.17) is 0 Å². The molecular weight excluding hydrogens is 380 g/mol. The Hall–Kier alpha value is -0.930. The van der Waals surface area contributed by atoms with Crippen LogP contribution in [0, 0.1) is 0 Å². The van der Waals surface area contributed by atoms with Crippen LogP contribution < -0.4 is 0 Å². The Kier molecular flexibility index (Phi) is 5.99. The van der Waals surface area contributed by atoms with Gasteiger partial charge in [-0.05, 0) is 24.0 Å². The molecule has 0 fully saturated rings. The van der Waals surface area contributed by atoms with Crippen molar-refractivity contribution in [2.24, 2.45) is 0 Å². The van der Waals surface area contributed by atoms with E-state index >= 15 is 0 Å². The fourth-order valence-corrected chi connectivity index (χ4v) is 2.95. The number of ketones is 1. The van der Waals surface area contributed by atoms with Crippen molar-refractivity contribution in [1.29, 1.82) is 0 Å². The van der Waals surface area contributed by atoms with Gasteiger partial charge in [0.05, 0.1) is 0 Å². The average molecular weight is 396 g/mol. The highest BCUT2D eigenvalue weighted by molar-refractivity contribution is 9.09. The summed E-state index contributed by atoms with van der Waals surface area (Å²) < 4.78 is 0. The molecule has 0 spiro atoms. The molecule has 20 heavy (non-hydrogen) atoms. The fraction of sp³-hybridized carbons (Fsp3) is 0.235. The lowest BCUT2D eigenvalue weighted by atomic mass is 10.00.